The lowest BCUT2D eigenvalue weighted by Gasteiger charge is -2.10. The number of rotatable bonds is 5. The third kappa shape index (κ3) is 3.29. The van der Waals surface area contributed by atoms with Crippen LogP contribution >= 0.6 is 0 Å². The van der Waals surface area contributed by atoms with Crippen LogP contribution in [0.5, 0.6) is 0 Å². The maximum Gasteiger partial charge on any atom is 0.139 e. The molecule has 0 aliphatic carbocycles. The summed E-state index contributed by atoms with van der Waals surface area (Å²) in [6, 6.07) is 11.2. The number of hydrogen-bond acceptors (Lipinski definition) is 3. The minimum atomic E-state index is -0.226. The Hall–Kier alpha value is -1.87. The van der Waals surface area contributed by atoms with Gasteiger partial charge in [0, 0.05) is 18.9 Å². The summed E-state index contributed by atoms with van der Waals surface area (Å²) in [5.41, 5.74) is 7.87. The van der Waals surface area contributed by atoms with Crippen molar-refractivity contribution in [3.63, 3.8) is 0 Å². The standard InChI is InChI=1S/C14H15NO2/c15-14(12-4-2-1-3-5-12)9-13(16)8-11-6-7-17-10-11/h1-7,10,14H,8-9,15H2. The van der Waals surface area contributed by atoms with E-state index in [0.717, 1.165) is 11.1 Å². The van der Waals surface area contributed by atoms with E-state index in [0.29, 0.717) is 12.8 Å². The predicted molar refractivity (Wildman–Crippen MR) is 65.4 cm³/mol. The zero-order chi connectivity index (χ0) is 12.1. The zero-order valence-corrected chi connectivity index (χ0v) is 9.50. The fourth-order valence-corrected chi connectivity index (χ4v) is 1.76. The second kappa shape index (κ2) is 5.46. The average molecular weight is 229 g/mol. The molecule has 1 aromatic heterocycles. The van der Waals surface area contributed by atoms with E-state index in [-0.39, 0.29) is 11.8 Å². The number of hydrogen-bond donors (Lipinski definition) is 1. The van der Waals surface area contributed by atoms with E-state index in [1.165, 1.54) is 0 Å². The molecule has 1 atom stereocenters. The van der Waals surface area contributed by atoms with Crippen molar-refractivity contribution in [3.8, 4) is 0 Å². The zero-order valence-electron chi connectivity index (χ0n) is 9.50. The second-order valence-electron chi connectivity index (χ2n) is 4.07. The Morgan fingerprint density at radius 2 is 2.00 bits per heavy atom. The molecule has 0 radical (unpaired) electrons. The van der Waals surface area contributed by atoms with Gasteiger partial charge in [0.25, 0.3) is 0 Å². The van der Waals surface area contributed by atoms with Gasteiger partial charge in [-0.05, 0) is 17.2 Å². The van der Waals surface area contributed by atoms with Gasteiger partial charge in [-0.25, -0.2) is 0 Å². The molecule has 2 aromatic rings. The van der Waals surface area contributed by atoms with Crippen molar-refractivity contribution in [1.29, 1.82) is 0 Å². The number of furan rings is 1. The summed E-state index contributed by atoms with van der Waals surface area (Å²) in [5, 5.41) is 0. The molecule has 2 rings (SSSR count). The molecule has 3 nitrogen and oxygen atoms in total. The van der Waals surface area contributed by atoms with Gasteiger partial charge in [0.15, 0.2) is 0 Å². The highest BCUT2D eigenvalue weighted by Crippen LogP contribution is 2.15. The van der Waals surface area contributed by atoms with Gasteiger partial charge in [0.05, 0.1) is 12.5 Å². The van der Waals surface area contributed by atoms with Crippen LogP contribution in [0.15, 0.2) is 53.3 Å². The van der Waals surface area contributed by atoms with E-state index < -0.39 is 0 Å². The summed E-state index contributed by atoms with van der Waals surface area (Å²) in [4.78, 5) is 11.8. The van der Waals surface area contributed by atoms with Crippen LogP contribution in [-0.4, -0.2) is 5.78 Å². The average Bonchev–Trinajstić information content (AvgIpc) is 2.82. The molecular formula is C14H15NO2. The van der Waals surface area contributed by atoms with Gasteiger partial charge >= 0.3 is 0 Å². The number of nitrogens with two attached hydrogens (primary N) is 1. The quantitative estimate of drug-likeness (QED) is 0.856. The van der Waals surface area contributed by atoms with Crippen LogP contribution in [0.3, 0.4) is 0 Å². The van der Waals surface area contributed by atoms with Crippen LogP contribution in [0.4, 0.5) is 0 Å². The maximum absolute atomic E-state index is 11.8. The van der Waals surface area contributed by atoms with Gasteiger partial charge in [0.2, 0.25) is 0 Å². The molecule has 0 saturated heterocycles. The number of carbonyl (C=O) groups is 1. The van der Waals surface area contributed by atoms with Crippen LogP contribution in [0.25, 0.3) is 0 Å². The van der Waals surface area contributed by atoms with Gasteiger partial charge in [-0.2, -0.15) is 0 Å². The fraction of sp³-hybridized carbons (Fsp3) is 0.214. The van der Waals surface area contributed by atoms with Gasteiger partial charge in [-0.1, -0.05) is 30.3 Å². The van der Waals surface area contributed by atoms with E-state index in [1.54, 1.807) is 18.6 Å². The predicted octanol–water partition coefficient (Wildman–Crippen LogP) is 2.48. The van der Waals surface area contributed by atoms with Crippen molar-refractivity contribution in [1.82, 2.24) is 0 Å². The van der Waals surface area contributed by atoms with Crippen molar-refractivity contribution in [3.05, 3.63) is 60.1 Å². The first kappa shape index (κ1) is 11.6. The summed E-state index contributed by atoms with van der Waals surface area (Å²) in [7, 11) is 0. The SMILES string of the molecule is NC(CC(=O)Cc1ccoc1)c1ccccc1. The maximum atomic E-state index is 11.8. The molecule has 0 bridgehead atoms. The van der Waals surface area contributed by atoms with Gasteiger partial charge in [-0.15, -0.1) is 0 Å². The minimum Gasteiger partial charge on any atom is -0.472 e. The Morgan fingerprint density at radius 3 is 2.65 bits per heavy atom. The van der Waals surface area contributed by atoms with Crippen molar-refractivity contribution in [2.45, 2.75) is 18.9 Å². The third-order valence-corrected chi connectivity index (χ3v) is 2.66. The molecular weight excluding hydrogens is 214 g/mol. The van der Waals surface area contributed by atoms with Crippen molar-refractivity contribution in [2.75, 3.05) is 0 Å². The van der Waals surface area contributed by atoms with Crippen LogP contribution < -0.4 is 5.73 Å². The van der Waals surface area contributed by atoms with Crippen LogP contribution in [0, 0.1) is 0 Å². The summed E-state index contributed by atoms with van der Waals surface area (Å²) >= 11 is 0. The molecule has 17 heavy (non-hydrogen) atoms. The molecule has 0 amide bonds. The molecule has 0 spiro atoms. The summed E-state index contributed by atoms with van der Waals surface area (Å²) in [6.45, 7) is 0. The molecule has 1 unspecified atom stereocenters. The molecule has 2 N–H and O–H groups in total. The van der Waals surface area contributed by atoms with Crippen molar-refractivity contribution >= 4 is 5.78 Å². The summed E-state index contributed by atoms with van der Waals surface area (Å²) < 4.78 is 4.92. The lowest BCUT2D eigenvalue weighted by atomic mass is 10.00. The highest BCUT2D eigenvalue weighted by Gasteiger charge is 2.12. The number of Topliss-reactive ketones (excluding diaryl/α,β-unsaturated/α-hetero) is 1. The lowest BCUT2D eigenvalue weighted by molar-refractivity contribution is -0.118. The molecule has 0 aliphatic rings. The first-order valence-electron chi connectivity index (χ1n) is 5.59. The molecule has 0 fully saturated rings. The molecule has 3 heteroatoms. The fourth-order valence-electron chi connectivity index (χ4n) is 1.76. The van der Waals surface area contributed by atoms with Gasteiger partial charge < -0.3 is 10.2 Å². The molecule has 0 saturated carbocycles. The number of carbonyl (C=O) groups excluding carboxylic acids is 1. The molecule has 88 valence electrons. The summed E-state index contributed by atoms with van der Waals surface area (Å²) in [6.07, 6.45) is 3.90. The van der Waals surface area contributed by atoms with E-state index in [1.807, 2.05) is 30.3 Å². The Balaban J connectivity index is 1.91. The Bertz CT molecular complexity index is 462. The molecule has 1 aromatic carbocycles. The molecule has 0 aliphatic heterocycles. The van der Waals surface area contributed by atoms with E-state index in [4.69, 9.17) is 10.2 Å². The van der Waals surface area contributed by atoms with Crippen LogP contribution in [0.1, 0.15) is 23.6 Å². The van der Waals surface area contributed by atoms with Crippen molar-refractivity contribution in [2.24, 2.45) is 5.73 Å². The largest absolute Gasteiger partial charge is 0.472 e. The molecule has 1 heterocycles. The van der Waals surface area contributed by atoms with E-state index in [2.05, 4.69) is 0 Å². The monoisotopic (exact) mass is 229 g/mol. The third-order valence-electron chi connectivity index (χ3n) is 2.66. The number of ketones is 1. The Labute approximate surface area is 100 Å². The second-order valence-corrected chi connectivity index (χ2v) is 4.07. The van der Waals surface area contributed by atoms with E-state index >= 15 is 0 Å². The highest BCUT2D eigenvalue weighted by atomic mass is 16.3. The van der Waals surface area contributed by atoms with Crippen LogP contribution in [-0.2, 0) is 11.2 Å². The Kier molecular flexibility index (Phi) is 3.73. The number of benzene rings is 1. The lowest BCUT2D eigenvalue weighted by Crippen LogP contribution is -2.16. The normalized spacial score (nSPS) is 12.3. The van der Waals surface area contributed by atoms with Gasteiger partial charge in [0.1, 0.15) is 5.78 Å². The van der Waals surface area contributed by atoms with E-state index in [9.17, 15) is 4.79 Å². The topological polar surface area (TPSA) is 56.2 Å². The highest BCUT2D eigenvalue weighted by molar-refractivity contribution is 5.81. The smallest absolute Gasteiger partial charge is 0.139 e. The van der Waals surface area contributed by atoms with Gasteiger partial charge in [-0.3, -0.25) is 4.79 Å². The first-order chi connectivity index (χ1) is 8.25. The minimum absolute atomic E-state index is 0.128. The first-order valence-corrected chi connectivity index (χ1v) is 5.59. The van der Waals surface area contributed by atoms with Crippen molar-refractivity contribution < 1.29 is 9.21 Å². The Morgan fingerprint density at radius 1 is 1.24 bits per heavy atom. The summed E-state index contributed by atoms with van der Waals surface area (Å²) in [5.74, 6) is 0.128. The van der Waals surface area contributed by atoms with Crippen LogP contribution in [0.2, 0.25) is 0 Å².